The zero-order valence-electron chi connectivity index (χ0n) is 10.8. The monoisotopic (exact) mass is 335 g/mol. The molecule has 0 atom stereocenters. The summed E-state index contributed by atoms with van der Waals surface area (Å²) >= 11 is 11.6. The van der Waals surface area contributed by atoms with Crippen LogP contribution in [0.3, 0.4) is 0 Å². The van der Waals surface area contributed by atoms with Gasteiger partial charge >= 0.3 is 0 Å². The highest BCUT2D eigenvalue weighted by Gasteiger charge is 2.20. The molecule has 6 nitrogen and oxygen atoms in total. The van der Waals surface area contributed by atoms with Gasteiger partial charge in [0.25, 0.3) is 11.6 Å². The number of nitro groups is 1. The smallest absolute Gasteiger partial charge is 0.283 e. The van der Waals surface area contributed by atoms with Crippen LogP contribution in [0, 0.1) is 21.4 Å². The van der Waals surface area contributed by atoms with Crippen LogP contribution in [-0.4, -0.2) is 10.8 Å². The largest absolute Gasteiger partial charge is 0.322 e. The number of nitro benzene ring substituents is 1. The van der Waals surface area contributed by atoms with Crippen LogP contribution in [0.2, 0.25) is 10.0 Å². The van der Waals surface area contributed by atoms with E-state index < -0.39 is 16.5 Å². The molecule has 0 saturated carbocycles. The molecule has 2 aromatic rings. The zero-order valence-corrected chi connectivity index (χ0v) is 12.4. The molecule has 8 heteroatoms. The molecular formula is C14H7Cl2N3O3. The van der Waals surface area contributed by atoms with Crippen molar-refractivity contribution in [2.24, 2.45) is 0 Å². The number of benzene rings is 2. The summed E-state index contributed by atoms with van der Waals surface area (Å²) in [5.41, 5.74) is 0.0509. The number of anilines is 1. The fourth-order valence-electron chi connectivity index (χ4n) is 1.73. The summed E-state index contributed by atoms with van der Waals surface area (Å²) < 4.78 is 0. The first kappa shape index (κ1) is 15.8. The van der Waals surface area contributed by atoms with E-state index in [4.69, 9.17) is 28.5 Å². The first-order valence-electron chi connectivity index (χ1n) is 5.87. The van der Waals surface area contributed by atoms with Gasteiger partial charge in [-0.15, -0.1) is 0 Å². The highest BCUT2D eigenvalue weighted by Crippen LogP contribution is 2.25. The molecule has 2 rings (SSSR count). The van der Waals surface area contributed by atoms with Gasteiger partial charge in [-0.2, -0.15) is 5.26 Å². The molecule has 0 bridgehead atoms. The van der Waals surface area contributed by atoms with Crippen LogP contribution in [0.15, 0.2) is 36.4 Å². The Morgan fingerprint density at radius 1 is 1.23 bits per heavy atom. The SMILES string of the molecule is N#Cc1ccc(NC(=O)c2ccc(Cl)cc2[N+](=O)[O-])cc1Cl. The number of halogens is 2. The average molecular weight is 336 g/mol. The molecule has 0 saturated heterocycles. The van der Waals surface area contributed by atoms with Crippen molar-refractivity contribution in [2.45, 2.75) is 0 Å². The van der Waals surface area contributed by atoms with Crippen molar-refractivity contribution >= 4 is 40.5 Å². The number of rotatable bonds is 3. The van der Waals surface area contributed by atoms with Crippen molar-refractivity contribution in [3.8, 4) is 6.07 Å². The summed E-state index contributed by atoms with van der Waals surface area (Å²) in [5, 5.41) is 22.6. The summed E-state index contributed by atoms with van der Waals surface area (Å²) in [6.45, 7) is 0. The Hall–Kier alpha value is -2.62. The molecule has 110 valence electrons. The quantitative estimate of drug-likeness (QED) is 0.676. The molecule has 2 aromatic carbocycles. The lowest BCUT2D eigenvalue weighted by Crippen LogP contribution is -2.14. The number of carbonyl (C=O) groups is 1. The lowest BCUT2D eigenvalue weighted by Gasteiger charge is -2.07. The van der Waals surface area contributed by atoms with Crippen LogP contribution in [0.5, 0.6) is 0 Å². The summed E-state index contributed by atoms with van der Waals surface area (Å²) in [4.78, 5) is 22.4. The van der Waals surface area contributed by atoms with Crippen molar-refractivity contribution in [3.63, 3.8) is 0 Å². The lowest BCUT2D eigenvalue weighted by atomic mass is 10.1. The number of hydrogen-bond donors (Lipinski definition) is 1. The maximum absolute atomic E-state index is 12.1. The van der Waals surface area contributed by atoms with Crippen LogP contribution in [-0.2, 0) is 0 Å². The summed E-state index contributed by atoms with van der Waals surface area (Å²) in [6, 6.07) is 9.94. The minimum absolute atomic E-state index is 0.130. The van der Waals surface area contributed by atoms with E-state index in [2.05, 4.69) is 5.32 Å². The molecule has 0 unspecified atom stereocenters. The molecule has 22 heavy (non-hydrogen) atoms. The molecule has 0 heterocycles. The topological polar surface area (TPSA) is 96.0 Å². The van der Waals surface area contributed by atoms with Gasteiger partial charge < -0.3 is 5.32 Å². The Morgan fingerprint density at radius 2 is 1.95 bits per heavy atom. The van der Waals surface area contributed by atoms with Crippen LogP contribution in [0.1, 0.15) is 15.9 Å². The number of carbonyl (C=O) groups excluding carboxylic acids is 1. The van der Waals surface area contributed by atoms with E-state index >= 15 is 0 Å². The zero-order chi connectivity index (χ0) is 16.3. The Bertz CT molecular complexity index is 815. The Balaban J connectivity index is 2.32. The first-order chi connectivity index (χ1) is 10.4. The summed E-state index contributed by atoms with van der Waals surface area (Å²) in [7, 11) is 0. The van der Waals surface area contributed by atoms with Gasteiger partial charge in [-0.25, -0.2) is 0 Å². The number of nitrogens with zero attached hydrogens (tertiary/aromatic N) is 2. The van der Waals surface area contributed by atoms with Gasteiger partial charge in [0.05, 0.1) is 15.5 Å². The standard InChI is InChI=1S/C14H7Cl2N3O3/c15-9-2-4-11(13(5-9)19(21)22)14(20)18-10-3-1-8(7-17)12(16)6-10/h1-6H,(H,18,20). The normalized spacial score (nSPS) is 9.86. The van der Waals surface area contributed by atoms with Gasteiger partial charge in [-0.3, -0.25) is 14.9 Å². The summed E-state index contributed by atoms with van der Waals surface area (Å²) in [6.07, 6.45) is 0. The molecule has 0 aliphatic carbocycles. The third-order valence-electron chi connectivity index (χ3n) is 2.75. The molecule has 0 spiro atoms. The number of amides is 1. The highest BCUT2D eigenvalue weighted by atomic mass is 35.5. The van der Waals surface area contributed by atoms with Gasteiger partial charge in [-0.1, -0.05) is 23.2 Å². The summed E-state index contributed by atoms with van der Waals surface area (Å²) in [5.74, 6) is -0.677. The van der Waals surface area contributed by atoms with Gasteiger partial charge in [-0.05, 0) is 30.3 Å². The maximum Gasteiger partial charge on any atom is 0.283 e. The Morgan fingerprint density at radius 3 is 2.55 bits per heavy atom. The van der Waals surface area contributed by atoms with E-state index in [-0.39, 0.29) is 21.2 Å². The Labute approximate surface area is 135 Å². The van der Waals surface area contributed by atoms with Crippen LogP contribution < -0.4 is 5.32 Å². The molecule has 0 fully saturated rings. The van der Waals surface area contributed by atoms with E-state index in [1.54, 1.807) is 0 Å². The molecular weight excluding hydrogens is 329 g/mol. The van der Waals surface area contributed by atoms with Crippen molar-refractivity contribution < 1.29 is 9.72 Å². The third kappa shape index (κ3) is 3.34. The second-order valence-electron chi connectivity index (χ2n) is 4.18. The average Bonchev–Trinajstić information content (AvgIpc) is 2.47. The van der Waals surface area contributed by atoms with Crippen LogP contribution in [0.25, 0.3) is 0 Å². The van der Waals surface area contributed by atoms with E-state index in [1.165, 1.54) is 30.3 Å². The Kier molecular flexibility index (Phi) is 4.61. The van der Waals surface area contributed by atoms with Crippen molar-refractivity contribution in [1.82, 2.24) is 0 Å². The van der Waals surface area contributed by atoms with Crippen molar-refractivity contribution in [1.29, 1.82) is 5.26 Å². The fourth-order valence-corrected chi connectivity index (χ4v) is 2.12. The van der Waals surface area contributed by atoms with E-state index in [9.17, 15) is 14.9 Å². The number of nitriles is 1. The van der Waals surface area contributed by atoms with Gasteiger partial charge in [0.1, 0.15) is 11.6 Å². The predicted molar refractivity (Wildman–Crippen MR) is 82.2 cm³/mol. The van der Waals surface area contributed by atoms with Crippen LogP contribution in [0.4, 0.5) is 11.4 Å². The highest BCUT2D eigenvalue weighted by molar-refractivity contribution is 6.32. The second-order valence-corrected chi connectivity index (χ2v) is 5.02. The number of hydrogen-bond acceptors (Lipinski definition) is 4. The number of nitrogens with one attached hydrogen (secondary N) is 1. The molecule has 1 N–H and O–H groups in total. The minimum Gasteiger partial charge on any atom is -0.322 e. The fraction of sp³-hybridized carbons (Fsp3) is 0. The molecule has 0 aromatic heterocycles. The van der Waals surface area contributed by atoms with Gasteiger partial charge in [0.2, 0.25) is 0 Å². The first-order valence-corrected chi connectivity index (χ1v) is 6.63. The van der Waals surface area contributed by atoms with Crippen LogP contribution >= 0.6 is 23.2 Å². The molecule has 1 amide bonds. The maximum atomic E-state index is 12.1. The molecule has 0 aliphatic heterocycles. The molecule has 0 radical (unpaired) electrons. The molecule has 0 aliphatic rings. The second kappa shape index (κ2) is 6.43. The van der Waals surface area contributed by atoms with E-state index in [1.807, 2.05) is 6.07 Å². The van der Waals surface area contributed by atoms with E-state index in [0.29, 0.717) is 5.69 Å². The van der Waals surface area contributed by atoms with Gasteiger partial charge in [0, 0.05) is 16.8 Å². The van der Waals surface area contributed by atoms with E-state index in [0.717, 1.165) is 6.07 Å². The third-order valence-corrected chi connectivity index (χ3v) is 3.30. The van der Waals surface area contributed by atoms with Crippen molar-refractivity contribution in [2.75, 3.05) is 5.32 Å². The minimum atomic E-state index is -0.688. The van der Waals surface area contributed by atoms with Crippen molar-refractivity contribution in [3.05, 3.63) is 67.7 Å². The lowest BCUT2D eigenvalue weighted by molar-refractivity contribution is -0.385. The predicted octanol–water partition coefficient (Wildman–Crippen LogP) is 4.03. The van der Waals surface area contributed by atoms with Gasteiger partial charge in [0.15, 0.2) is 0 Å².